The first-order valence-corrected chi connectivity index (χ1v) is 7.03. The molecule has 0 aliphatic carbocycles. The predicted octanol–water partition coefficient (Wildman–Crippen LogP) is 4.24. The summed E-state index contributed by atoms with van der Waals surface area (Å²) in [6.07, 6.45) is 6.28. The van der Waals surface area contributed by atoms with Gasteiger partial charge >= 0.3 is 0 Å². The predicted molar refractivity (Wildman–Crippen MR) is 81.6 cm³/mol. The Labute approximate surface area is 117 Å². The first-order valence-electron chi connectivity index (χ1n) is 7.03. The lowest BCUT2D eigenvalue weighted by Crippen LogP contribution is -1.98. The summed E-state index contributed by atoms with van der Waals surface area (Å²) < 4.78 is 5.39. The molecule has 0 aliphatic rings. The van der Waals surface area contributed by atoms with Gasteiger partial charge in [-0.25, -0.2) is 0 Å². The van der Waals surface area contributed by atoms with Crippen LogP contribution in [0.4, 0.5) is 0 Å². The summed E-state index contributed by atoms with van der Waals surface area (Å²) in [7, 11) is 1.70. The third-order valence-electron chi connectivity index (χ3n) is 3.36. The van der Waals surface area contributed by atoms with E-state index in [0.717, 1.165) is 24.2 Å². The van der Waals surface area contributed by atoms with E-state index in [0.29, 0.717) is 11.8 Å². The smallest absolute Gasteiger partial charge is 0.126 e. The molecule has 2 nitrogen and oxygen atoms in total. The Morgan fingerprint density at radius 2 is 2.00 bits per heavy atom. The minimum Gasteiger partial charge on any atom is -0.496 e. The molecule has 106 valence electrons. The molecule has 0 fully saturated rings. The van der Waals surface area contributed by atoms with Gasteiger partial charge in [0.1, 0.15) is 5.75 Å². The van der Waals surface area contributed by atoms with Crippen LogP contribution in [-0.4, -0.2) is 18.8 Å². The summed E-state index contributed by atoms with van der Waals surface area (Å²) in [5.74, 6) is 1.80. The molecule has 0 heterocycles. The molecule has 1 rings (SSSR count). The Kier molecular flexibility index (Phi) is 6.65. The van der Waals surface area contributed by atoms with Crippen molar-refractivity contribution in [2.75, 3.05) is 13.7 Å². The lowest BCUT2D eigenvalue weighted by Gasteiger charge is -2.10. The Balaban J connectivity index is 2.74. The van der Waals surface area contributed by atoms with Gasteiger partial charge in [0.2, 0.25) is 0 Å². The highest BCUT2D eigenvalue weighted by atomic mass is 16.5. The van der Waals surface area contributed by atoms with Gasteiger partial charge in [0.15, 0.2) is 0 Å². The zero-order valence-electron chi connectivity index (χ0n) is 12.5. The van der Waals surface area contributed by atoms with E-state index in [4.69, 9.17) is 9.84 Å². The second-order valence-corrected chi connectivity index (χ2v) is 5.42. The molecule has 0 amide bonds. The standard InChI is InChI=1S/C17H26O2/c1-13(2)15-9-10-17(19-4)16(11-15)8-6-5-7-14(3)12-18/h6,8-11,13-14,18H,5,7,12H2,1-4H3/t14-/m0/s1. The van der Waals surface area contributed by atoms with Crippen LogP contribution in [0.5, 0.6) is 5.75 Å². The fraction of sp³-hybridized carbons (Fsp3) is 0.529. The summed E-state index contributed by atoms with van der Waals surface area (Å²) in [5.41, 5.74) is 2.45. The topological polar surface area (TPSA) is 29.5 Å². The number of aliphatic hydroxyl groups excluding tert-OH is 1. The molecule has 0 saturated carbocycles. The monoisotopic (exact) mass is 262 g/mol. The van der Waals surface area contributed by atoms with Crippen LogP contribution in [0.15, 0.2) is 24.3 Å². The van der Waals surface area contributed by atoms with E-state index < -0.39 is 0 Å². The van der Waals surface area contributed by atoms with E-state index in [1.54, 1.807) is 7.11 Å². The van der Waals surface area contributed by atoms with Crippen molar-refractivity contribution >= 4 is 6.08 Å². The van der Waals surface area contributed by atoms with E-state index in [1.165, 1.54) is 5.56 Å². The van der Waals surface area contributed by atoms with Crippen LogP contribution in [-0.2, 0) is 0 Å². The number of allylic oxidation sites excluding steroid dienone is 1. The molecule has 0 bridgehead atoms. The van der Waals surface area contributed by atoms with Crippen LogP contribution >= 0.6 is 0 Å². The zero-order chi connectivity index (χ0) is 14.3. The van der Waals surface area contributed by atoms with Gasteiger partial charge in [0.05, 0.1) is 7.11 Å². The second kappa shape index (κ2) is 8.00. The number of hydrogen-bond acceptors (Lipinski definition) is 2. The summed E-state index contributed by atoms with van der Waals surface area (Å²) >= 11 is 0. The molecule has 0 unspecified atom stereocenters. The van der Waals surface area contributed by atoms with Gasteiger partial charge in [0, 0.05) is 12.2 Å². The Morgan fingerprint density at radius 3 is 2.58 bits per heavy atom. The molecule has 1 aromatic rings. The molecule has 19 heavy (non-hydrogen) atoms. The van der Waals surface area contributed by atoms with Crippen molar-refractivity contribution in [3.8, 4) is 5.75 Å². The molecule has 0 saturated heterocycles. The van der Waals surface area contributed by atoms with Crippen molar-refractivity contribution in [3.63, 3.8) is 0 Å². The van der Waals surface area contributed by atoms with E-state index in [9.17, 15) is 0 Å². The normalized spacial score (nSPS) is 13.2. The maximum absolute atomic E-state index is 8.99. The zero-order valence-corrected chi connectivity index (χ0v) is 12.5. The highest BCUT2D eigenvalue weighted by molar-refractivity contribution is 5.58. The molecule has 0 spiro atoms. The van der Waals surface area contributed by atoms with Crippen molar-refractivity contribution in [3.05, 3.63) is 35.4 Å². The van der Waals surface area contributed by atoms with Crippen LogP contribution in [0.2, 0.25) is 0 Å². The maximum Gasteiger partial charge on any atom is 0.126 e. The highest BCUT2D eigenvalue weighted by Crippen LogP contribution is 2.25. The summed E-state index contributed by atoms with van der Waals surface area (Å²) in [5, 5.41) is 8.99. The average molecular weight is 262 g/mol. The molecule has 0 aromatic heterocycles. The number of aliphatic hydroxyl groups is 1. The van der Waals surface area contributed by atoms with Gasteiger partial charge < -0.3 is 9.84 Å². The Morgan fingerprint density at radius 1 is 1.26 bits per heavy atom. The van der Waals surface area contributed by atoms with Crippen molar-refractivity contribution in [2.24, 2.45) is 5.92 Å². The number of rotatable bonds is 7. The van der Waals surface area contributed by atoms with Crippen molar-refractivity contribution in [1.82, 2.24) is 0 Å². The molecule has 0 radical (unpaired) electrons. The summed E-state index contributed by atoms with van der Waals surface area (Å²) in [6, 6.07) is 6.34. The third kappa shape index (κ3) is 5.07. The lowest BCUT2D eigenvalue weighted by molar-refractivity contribution is 0.231. The first kappa shape index (κ1) is 15.8. The second-order valence-electron chi connectivity index (χ2n) is 5.42. The van der Waals surface area contributed by atoms with Gasteiger partial charge in [-0.15, -0.1) is 0 Å². The number of hydrogen-bond donors (Lipinski definition) is 1. The van der Waals surface area contributed by atoms with E-state index in [2.05, 4.69) is 45.1 Å². The van der Waals surface area contributed by atoms with Gasteiger partial charge in [-0.3, -0.25) is 0 Å². The van der Waals surface area contributed by atoms with Crippen molar-refractivity contribution in [1.29, 1.82) is 0 Å². The van der Waals surface area contributed by atoms with E-state index in [-0.39, 0.29) is 6.61 Å². The van der Waals surface area contributed by atoms with E-state index in [1.807, 2.05) is 6.07 Å². The van der Waals surface area contributed by atoms with E-state index >= 15 is 0 Å². The number of methoxy groups -OCH3 is 1. The highest BCUT2D eigenvalue weighted by Gasteiger charge is 2.04. The van der Waals surface area contributed by atoms with Crippen LogP contribution in [0, 0.1) is 5.92 Å². The Bertz CT molecular complexity index is 408. The lowest BCUT2D eigenvalue weighted by atomic mass is 9.99. The average Bonchev–Trinajstić information content (AvgIpc) is 2.42. The van der Waals surface area contributed by atoms with Crippen molar-refractivity contribution in [2.45, 2.75) is 39.5 Å². The minimum absolute atomic E-state index is 0.264. The van der Waals surface area contributed by atoms with Gasteiger partial charge in [-0.05, 0) is 42.4 Å². The molecule has 1 atom stereocenters. The fourth-order valence-electron chi connectivity index (χ4n) is 1.92. The number of benzene rings is 1. The van der Waals surface area contributed by atoms with Gasteiger partial charge in [-0.2, -0.15) is 0 Å². The summed E-state index contributed by atoms with van der Waals surface area (Å²) in [4.78, 5) is 0. The fourth-order valence-corrected chi connectivity index (χ4v) is 1.92. The molecular weight excluding hydrogens is 236 g/mol. The SMILES string of the molecule is COc1ccc(C(C)C)cc1C=CCC[C@H](C)CO. The largest absolute Gasteiger partial charge is 0.496 e. The van der Waals surface area contributed by atoms with Crippen LogP contribution in [0.1, 0.15) is 50.7 Å². The molecule has 1 N–H and O–H groups in total. The quantitative estimate of drug-likeness (QED) is 0.796. The molecule has 0 aliphatic heterocycles. The number of ether oxygens (including phenoxy) is 1. The summed E-state index contributed by atoms with van der Waals surface area (Å²) in [6.45, 7) is 6.71. The van der Waals surface area contributed by atoms with Crippen molar-refractivity contribution < 1.29 is 9.84 Å². The molecule has 2 heteroatoms. The third-order valence-corrected chi connectivity index (χ3v) is 3.36. The van der Waals surface area contributed by atoms with Gasteiger partial charge in [0.25, 0.3) is 0 Å². The maximum atomic E-state index is 8.99. The van der Waals surface area contributed by atoms with Crippen LogP contribution < -0.4 is 4.74 Å². The molecular formula is C17H26O2. The molecule has 1 aromatic carbocycles. The van der Waals surface area contributed by atoms with Gasteiger partial charge in [-0.1, -0.05) is 39.0 Å². The first-order chi connectivity index (χ1) is 9.08. The van der Waals surface area contributed by atoms with Crippen LogP contribution in [0.25, 0.3) is 6.08 Å². The Hall–Kier alpha value is -1.28. The van der Waals surface area contributed by atoms with Crippen LogP contribution in [0.3, 0.4) is 0 Å². The minimum atomic E-state index is 0.264.